The number of rotatable bonds is 1. The quantitative estimate of drug-likeness (QED) is 0.838. The summed E-state index contributed by atoms with van der Waals surface area (Å²) in [5.74, 6) is 1.95. The fourth-order valence-electron chi connectivity index (χ4n) is 6.55. The summed E-state index contributed by atoms with van der Waals surface area (Å²) in [7, 11) is 0. The molecule has 6 atom stereocenters. The van der Waals surface area contributed by atoms with Crippen molar-refractivity contribution in [1.29, 1.82) is 0 Å². The minimum Gasteiger partial charge on any atom is -0.332 e. The lowest BCUT2D eigenvalue weighted by Gasteiger charge is -2.57. The summed E-state index contributed by atoms with van der Waals surface area (Å²) >= 11 is 0. The van der Waals surface area contributed by atoms with Gasteiger partial charge in [-0.15, -0.1) is 0 Å². The molecule has 2 bridgehead atoms. The van der Waals surface area contributed by atoms with Crippen molar-refractivity contribution in [2.75, 3.05) is 19.6 Å². The first kappa shape index (κ1) is 14.5. The zero-order valence-electron chi connectivity index (χ0n) is 14.3. The molecule has 4 saturated heterocycles. The van der Waals surface area contributed by atoms with Crippen LogP contribution >= 0.6 is 0 Å². The third kappa shape index (κ3) is 2.46. The summed E-state index contributed by atoms with van der Waals surface area (Å²) in [5, 5.41) is 0. The highest BCUT2D eigenvalue weighted by molar-refractivity contribution is 5.20. The van der Waals surface area contributed by atoms with Gasteiger partial charge in [0.25, 0.3) is 0 Å². The predicted molar refractivity (Wildman–Crippen MR) is 93.5 cm³/mol. The molecule has 2 heteroatoms. The molecule has 4 aliphatic heterocycles. The van der Waals surface area contributed by atoms with Gasteiger partial charge in [0.1, 0.15) is 0 Å². The van der Waals surface area contributed by atoms with Crippen molar-refractivity contribution in [3.63, 3.8) is 0 Å². The number of nitrogens with one attached hydrogen (secondary N) is 1. The Labute approximate surface area is 140 Å². The van der Waals surface area contributed by atoms with Crippen molar-refractivity contribution in [1.82, 2.24) is 4.90 Å². The summed E-state index contributed by atoms with van der Waals surface area (Å²) in [6, 6.07) is 13.9. The molecule has 0 aromatic heterocycles. The normalized spacial score (nSPS) is 43.5. The molecule has 4 fully saturated rings. The molecular weight excluding hydrogens is 280 g/mol. The van der Waals surface area contributed by atoms with E-state index in [0.717, 1.165) is 23.9 Å². The Bertz CT molecular complexity index is 542. The van der Waals surface area contributed by atoms with E-state index < -0.39 is 0 Å². The molecular formula is C21H31N2+. The van der Waals surface area contributed by atoms with E-state index in [1.54, 1.807) is 5.56 Å². The van der Waals surface area contributed by atoms with E-state index in [1.807, 2.05) is 4.90 Å². The van der Waals surface area contributed by atoms with Crippen LogP contribution in [0.5, 0.6) is 0 Å². The zero-order valence-corrected chi connectivity index (χ0v) is 14.3. The number of nitrogens with zero attached hydrogens (tertiary/aromatic N) is 1. The number of quaternary nitrogens is 1. The molecule has 1 unspecified atom stereocenters. The van der Waals surface area contributed by atoms with E-state index in [0.29, 0.717) is 6.04 Å². The van der Waals surface area contributed by atoms with E-state index in [2.05, 4.69) is 35.2 Å². The van der Waals surface area contributed by atoms with E-state index in [9.17, 15) is 0 Å². The van der Waals surface area contributed by atoms with Crippen LogP contribution in [0.2, 0.25) is 0 Å². The van der Waals surface area contributed by atoms with Crippen LogP contribution in [0.25, 0.3) is 0 Å². The van der Waals surface area contributed by atoms with Crippen molar-refractivity contribution in [2.45, 2.75) is 63.1 Å². The number of benzene rings is 1. The van der Waals surface area contributed by atoms with Gasteiger partial charge in [-0.1, -0.05) is 30.3 Å². The van der Waals surface area contributed by atoms with Crippen molar-refractivity contribution in [3.8, 4) is 0 Å². The van der Waals surface area contributed by atoms with Crippen LogP contribution in [-0.4, -0.2) is 36.6 Å². The fraction of sp³-hybridized carbons (Fsp3) is 0.714. The van der Waals surface area contributed by atoms with E-state index >= 15 is 0 Å². The Morgan fingerprint density at radius 1 is 0.913 bits per heavy atom. The highest BCUT2D eigenvalue weighted by atomic mass is 15.3. The number of hydrogen-bond acceptors (Lipinski definition) is 1. The van der Waals surface area contributed by atoms with Crippen molar-refractivity contribution >= 4 is 0 Å². The smallest absolute Gasteiger partial charge is 0.0915 e. The lowest BCUT2D eigenvalue weighted by molar-refractivity contribution is -0.945. The second-order valence-electron chi connectivity index (χ2n) is 8.59. The molecule has 2 nitrogen and oxygen atoms in total. The molecule has 1 aromatic rings. The van der Waals surface area contributed by atoms with Crippen LogP contribution in [0.15, 0.2) is 30.3 Å². The van der Waals surface area contributed by atoms with Crippen molar-refractivity contribution in [2.24, 2.45) is 11.8 Å². The van der Waals surface area contributed by atoms with E-state index in [4.69, 9.17) is 0 Å². The molecule has 23 heavy (non-hydrogen) atoms. The van der Waals surface area contributed by atoms with Gasteiger partial charge >= 0.3 is 0 Å². The Morgan fingerprint density at radius 2 is 1.83 bits per heavy atom. The van der Waals surface area contributed by atoms with Gasteiger partial charge in [-0.05, 0) is 50.5 Å². The standard InChI is InChI=1S/C21H30N2/c1-2-7-16(8-3-1)20-10-6-11-21-17-13-18(15-23(20)21)19-9-4-5-12-22(19)14-17/h1-3,7-8,17-21H,4-6,9-15H2/p+1/t17-,18-,19+,20-,21-/m0/s1. The Hall–Kier alpha value is -0.860. The molecule has 4 aliphatic rings. The monoisotopic (exact) mass is 311 g/mol. The molecule has 5 rings (SSSR count). The van der Waals surface area contributed by atoms with Crippen LogP contribution in [0.4, 0.5) is 0 Å². The molecule has 0 aliphatic carbocycles. The first-order chi connectivity index (χ1) is 11.4. The molecule has 124 valence electrons. The molecule has 0 amide bonds. The average Bonchev–Trinajstić information content (AvgIpc) is 2.62. The van der Waals surface area contributed by atoms with Gasteiger partial charge in [-0.25, -0.2) is 0 Å². The van der Waals surface area contributed by atoms with E-state index in [1.165, 1.54) is 64.6 Å². The van der Waals surface area contributed by atoms with Crippen molar-refractivity contribution in [3.05, 3.63) is 35.9 Å². The first-order valence-electron chi connectivity index (χ1n) is 10.1. The van der Waals surface area contributed by atoms with Crippen LogP contribution in [0.3, 0.4) is 0 Å². The van der Waals surface area contributed by atoms with Gasteiger partial charge in [0.05, 0.1) is 19.1 Å². The second-order valence-corrected chi connectivity index (χ2v) is 8.59. The molecule has 0 spiro atoms. The maximum absolute atomic E-state index is 2.96. The molecule has 0 radical (unpaired) electrons. The summed E-state index contributed by atoms with van der Waals surface area (Å²) in [6.07, 6.45) is 10.3. The maximum atomic E-state index is 2.96. The summed E-state index contributed by atoms with van der Waals surface area (Å²) in [6.45, 7) is 4.32. The summed E-state index contributed by atoms with van der Waals surface area (Å²) < 4.78 is 0. The lowest BCUT2D eigenvalue weighted by atomic mass is 9.69. The van der Waals surface area contributed by atoms with Crippen molar-refractivity contribution < 1.29 is 4.90 Å². The van der Waals surface area contributed by atoms with Gasteiger partial charge in [0.15, 0.2) is 0 Å². The second kappa shape index (κ2) is 5.89. The maximum Gasteiger partial charge on any atom is 0.0915 e. The highest BCUT2D eigenvalue weighted by Crippen LogP contribution is 2.44. The molecule has 1 N–H and O–H groups in total. The first-order valence-corrected chi connectivity index (χ1v) is 10.1. The molecule has 4 heterocycles. The van der Waals surface area contributed by atoms with Crippen LogP contribution in [-0.2, 0) is 0 Å². The number of piperidine rings is 4. The Morgan fingerprint density at radius 3 is 2.74 bits per heavy atom. The SMILES string of the molecule is c1ccc([C@@H]2CCC[C@H]3[C@H]4C[C@@H](CN23)[C@H]2CCCC[NH+]2C4)cc1. The Kier molecular flexibility index (Phi) is 3.71. The average molecular weight is 311 g/mol. The summed E-state index contributed by atoms with van der Waals surface area (Å²) in [4.78, 5) is 4.95. The molecule has 0 saturated carbocycles. The minimum atomic E-state index is 0.699. The highest BCUT2D eigenvalue weighted by Gasteiger charge is 2.50. The van der Waals surface area contributed by atoms with Gasteiger partial charge in [-0.2, -0.15) is 0 Å². The van der Waals surface area contributed by atoms with Gasteiger partial charge in [-0.3, -0.25) is 4.90 Å². The Balaban J connectivity index is 1.43. The van der Waals surface area contributed by atoms with E-state index in [-0.39, 0.29) is 0 Å². The van der Waals surface area contributed by atoms with Crippen LogP contribution < -0.4 is 4.90 Å². The molecule has 1 aromatic carbocycles. The zero-order chi connectivity index (χ0) is 15.2. The fourth-order valence-corrected chi connectivity index (χ4v) is 6.55. The lowest BCUT2D eigenvalue weighted by Crippen LogP contribution is -3.19. The number of hydrogen-bond donors (Lipinski definition) is 1. The summed E-state index contributed by atoms with van der Waals surface area (Å²) in [5.41, 5.74) is 1.57. The van der Waals surface area contributed by atoms with Gasteiger partial charge in [0.2, 0.25) is 0 Å². The minimum absolute atomic E-state index is 0.699. The third-order valence-electron chi connectivity index (χ3n) is 7.46. The van der Waals surface area contributed by atoms with Gasteiger partial charge < -0.3 is 4.90 Å². The van der Waals surface area contributed by atoms with Gasteiger partial charge in [0, 0.05) is 30.5 Å². The largest absolute Gasteiger partial charge is 0.332 e. The van der Waals surface area contributed by atoms with Crippen LogP contribution in [0.1, 0.15) is 56.6 Å². The topological polar surface area (TPSA) is 7.68 Å². The van der Waals surface area contributed by atoms with Crippen LogP contribution in [0, 0.1) is 11.8 Å². The predicted octanol–water partition coefficient (Wildman–Crippen LogP) is 2.67. The number of fused-ring (bicyclic) bond motifs is 6. The third-order valence-corrected chi connectivity index (χ3v) is 7.46.